The normalized spacial score (nSPS) is 10.6. The Balaban J connectivity index is 1.61. The molecule has 0 saturated heterocycles. The molecule has 1 amide bonds. The van der Waals surface area contributed by atoms with Gasteiger partial charge in [0.25, 0.3) is 5.91 Å². The van der Waals surface area contributed by atoms with E-state index in [0.29, 0.717) is 15.9 Å². The molecule has 2 heterocycles. The van der Waals surface area contributed by atoms with E-state index in [4.69, 9.17) is 4.74 Å². The van der Waals surface area contributed by atoms with Gasteiger partial charge in [0.2, 0.25) is 0 Å². The molecule has 3 rings (SSSR count). The summed E-state index contributed by atoms with van der Waals surface area (Å²) in [6.07, 6.45) is 4.83. The number of nitrogens with zero attached hydrogens (tertiary/aromatic N) is 4. The molecule has 0 unspecified atom stereocenters. The highest BCUT2D eigenvalue weighted by molar-refractivity contribution is 9.10. The first-order valence-electron chi connectivity index (χ1n) is 6.92. The zero-order valence-electron chi connectivity index (χ0n) is 12.6. The summed E-state index contributed by atoms with van der Waals surface area (Å²) in [7, 11) is 1.70. The summed E-state index contributed by atoms with van der Waals surface area (Å²) in [6, 6.07) is 7.51. The number of aromatic nitrogens is 4. The van der Waals surface area contributed by atoms with Gasteiger partial charge in [-0.1, -0.05) is 15.9 Å². The smallest absolute Gasteiger partial charge is 0.275 e. The minimum Gasteiger partial charge on any atom is -0.471 e. The lowest BCUT2D eigenvalue weighted by atomic mass is 10.3. The van der Waals surface area contributed by atoms with Crippen LogP contribution in [0.15, 0.2) is 51.8 Å². The molecule has 0 spiro atoms. The quantitative estimate of drug-likeness (QED) is 0.640. The molecule has 3 aromatic rings. The van der Waals surface area contributed by atoms with E-state index in [-0.39, 0.29) is 12.6 Å². The molecular weight excluding hydrogens is 442 g/mol. The monoisotopic (exact) mass is 453 g/mol. The number of nitrogens with one attached hydrogen (secondary N) is 1. The van der Waals surface area contributed by atoms with E-state index in [2.05, 4.69) is 47.4 Å². The van der Waals surface area contributed by atoms with E-state index in [1.54, 1.807) is 30.3 Å². The van der Waals surface area contributed by atoms with Gasteiger partial charge >= 0.3 is 0 Å². The van der Waals surface area contributed by atoms with Gasteiger partial charge < -0.3 is 10.1 Å². The van der Waals surface area contributed by atoms with Crippen LogP contribution in [0.4, 0.5) is 5.69 Å². The molecule has 1 aromatic carbocycles. The fourth-order valence-corrected chi connectivity index (χ4v) is 2.82. The highest BCUT2D eigenvalue weighted by Gasteiger charge is 2.16. The first kappa shape index (κ1) is 16.7. The van der Waals surface area contributed by atoms with Crippen molar-refractivity contribution in [1.29, 1.82) is 0 Å². The lowest BCUT2D eigenvalue weighted by Crippen LogP contribution is -2.16. The van der Waals surface area contributed by atoms with E-state index in [1.807, 2.05) is 24.3 Å². The Morgan fingerprint density at radius 3 is 2.62 bits per heavy atom. The zero-order valence-corrected chi connectivity index (χ0v) is 15.8. The van der Waals surface area contributed by atoms with Crippen LogP contribution < -0.4 is 10.1 Å². The predicted molar refractivity (Wildman–Crippen MR) is 95.9 cm³/mol. The van der Waals surface area contributed by atoms with Gasteiger partial charge in [-0.25, -0.2) is 4.68 Å². The zero-order chi connectivity index (χ0) is 17.1. The predicted octanol–water partition coefficient (Wildman–Crippen LogP) is 3.43. The summed E-state index contributed by atoms with van der Waals surface area (Å²) in [4.78, 5) is 12.3. The molecule has 0 fully saturated rings. The Labute approximate surface area is 154 Å². The summed E-state index contributed by atoms with van der Waals surface area (Å²) in [5, 5.41) is 11.0. The minimum atomic E-state index is -0.268. The molecule has 7 nitrogen and oxygen atoms in total. The molecular formula is C15H13Br2N5O2. The van der Waals surface area contributed by atoms with Gasteiger partial charge in [0.05, 0.1) is 28.8 Å². The van der Waals surface area contributed by atoms with Gasteiger partial charge in [0.1, 0.15) is 11.4 Å². The Kier molecular flexibility index (Phi) is 5.00. The summed E-state index contributed by atoms with van der Waals surface area (Å²) >= 11 is 6.67. The number of benzene rings is 1. The Bertz CT molecular complexity index is 838. The van der Waals surface area contributed by atoms with Crippen molar-refractivity contribution in [3.8, 4) is 5.75 Å². The molecule has 0 aliphatic rings. The van der Waals surface area contributed by atoms with Crippen LogP contribution in [-0.4, -0.2) is 25.5 Å². The van der Waals surface area contributed by atoms with Crippen molar-refractivity contribution in [1.82, 2.24) is 19.6 Å². The number of halogens is 2. The third-order valence-corrected chi connectivity index (χ3v) is 4.29. The maximum Gasteiger partial charge on any atom is 0.275 e. The number of carbonyl (C=O) groups is 1. The van der Waals surface area contributed by atoms with Gasteiger partial charge in [0.15, 0.2) is 6.73 Å². The van der Waals surface area contributed by atoms with Gasteiger partial charge in [-0.15, -0.1) is 0 Å². The molecule has 0 aliphatic carbocycles. The van der Waals surface area contributed by atoms with E-state index in [0.717, 1.165) is 10.2 Å². The molecule has 0 radical (unpaired) electrons. The Morgan fingerprint density at radius 1 is 1.21 bits per heavy atom. The number of aryl methyl sites for hydroxylation is 1. The lowest BCUT2D eigenvalue weighted by Gasteiger charge is -2.06. The fourth-order valence-electron chi connectivity index (χ4n) is 2.03. The van der Waals surface area contributed by atoms with Crippen molar-refractivity contribution in [3.05, 3.63) is 57.5 Å². The average Bonchev–Trinajstić information content (AvgIpc) is 3.13. The van der Waals surface area contributed by atoms with Crippen LogP contribution in [0, 0.1) is 0 Å². The van der Waals surface area contributed by atoms with Crippen molar-refractivity contribution < 1.29 is 9.53 Å². The molecule has 1 N–H and O–H groups in total. The average molecular weight is 455 g/mol. The van der Waals surface area contributed by atoms with Gasteiger partial charge in [-0.2, -0.15) is 10.2 Å². The van der Waals surface area contributed by atoms with Crippen molar-refractivity contribution >= 4 is 43.5 Å². The summed E-state index contributed by atoms with van der Waals surface area (Å²) in [5.74, 6) is 0.466. The SMILES string of the molecule is Cn1ncc(Br)c1C(=O)Nc1cnn(COc2ccc(Br)cc2)c1. The second-order valence-corrected chi connectivity index (χ2v) is 6.68. The Hall–Kier alpha value is -2.13. The minimum absolute atomic E-state index is 0.243. The molecule has 0 bridgehead atoms. The number of anilines is 1. The highest BCUT2D eigenvalue weighted by atomic mass is 79.9. The van der Waals surface area contributed by atoms with Crippen molar-refractivity contribution in [3.63, 3.8) is 0 Å². The maximum atomic E-state index is 12.3. The van der Waals surface area contributed by atoms with Crippen LogP contribution in [0.3, 0.4) is 0 Å². The van der Waals surface area contributed by atoms with Crippen molar-refractivity contribution in [2.24, 2.45) is 7.05 Å². The fraction of sp³-hybridized carbons (Fsp3) is 0.133. The molecule has 0 atom stereocenters. The number of rotatable bonds is 5. The van der Waals surface area contributed by atoms with Crippen molar-refractivity contribution in [2.45, 2.75) is 6.73 Å². The number of hydrogen-bond donors (Lipinski definition) is 1. The topological polar surface area (TPSA) is 74.0 Å². The number of amides is 1. The second kappa shape index (κ2) is 7.18. The van der Waals surface area contributed by atoms with E-state index in [1.165, 1.54) is 4.68 Å². The second-order valence-electron chi connectivity index (χ2n) is 4.91. The summed E-state index contributed by atoms with van der Waals surface area (Å²) in [5.41, 5.74) is 1.02. The summed E-state index contributed by atoms with van der Waals surface area (Å²) < 4.78 is 10.3. The number of carbonyl (C=O) groups excluding carboxylic acids is 1. The van der Waals surface area contributed by atoms with Crippen LogP contribution in [-0.2, 0) is 13.8 Å². The maximum absolute atomic E-state index is 12.3. The largest absolute Gasteiger partial charge is 0.471 e. The molecule has 124 valence electrons. The first-order valence-corrected chi connectivity index (χ1v) is 8.51. The Morgan fingerprint density at radius 2 is 1.96 bits per heavy atom. The van der Waals surface area contributed by atoms with Crippen LogP contribution in [0.1, 0.15) is 10.5 Å². The number of ether oxygens (including phenoxy) is 1. The van der Waals surface area contributed by atoms with Gasteiger partial charge in [0, 0.05) is 11.5 Å². The van der Waals surface area contributed by atoms with Crippen LogP contribution in [0.5, 0.6) is 5.75 Å². The molecule has 0 saturated carbocycles. The molecule has 9 heteroatoms. The van der Waals surface area contributed by atoms with Crippen LogP contribution in [0.25, 0.3) is 0 Å². The molecule has 2 aromatic heterocycles. The van der Waals surface area contributed by atoms with E-state index >= 15 is 0 Å². The standard InChI is InChI=1S/C15H13Br2N5O2/c1-21-14(13(17)7-18-21)15(23)20-11-6-19-22(8-11)9-24-12-4-2-10(16)3-5-12/h2-8H,9H2,1H3,(H,20,23). The van der Waals surface area contributed by atoms with Crippen molar-refractivity contribution in [2.75, 3.05) is 5.32 Å². The number of hydrogen-bond acceptors (Lipinski definition) is 4. The first-order chi connectivity index (χ1) is 11.5. The van der Waals surface area contributed by atoms with E-state index < -0.39 is 0 Å². The third-order valence-electron chi connectivity index (χ3n) is 3.18. The highest BCUT2D eigenvalue weighted by Crippen LogP contribution is 2.18. The van der Waals surface area contributed by atoms with E-state index in [9.17, 15) is 4.79 Å². The molecule has 0 aliphatic heterocycles. The van der Waals surface area contributed by atoms with Gasteiger partial charge in [-0.3, -0.25) is 9.48 Å². The van der Waals surface area contributed by atoms with Crippen LogP contribution >= 0.6 is 31.9 Å². The molecule has 24 heavy (non-hydrogen) atoms. The lowest BCUT2D eigenvalue weighted by molar-refractivity contribution is 0.101. The van der Waals surface area contributed by atoms with Gasteiger partial charge in [-0.05, 0) is 40.2 Å². The summed E-state index contributed by atoms with van der Waals surface area (Å²) in [6.45, 7) is 0.243. The van der Waals surface area contributed by atoms with Crippen LogP contribution in [0.2, 0.25) is 0 Å². The third kappa shape index (κ3) is 3.85.